The molecule has 0 spiro atoms. The van der Waals surface area contributed by atoms with Crippen molar-refractivity contribution in [2.24, 2.45) is 10.2 Å². The van der Waals surface area contributed by atoms with Gasteiger partial charge in [-0.1, -0.05) is 48.5 Å². The van der Waals surface area contributed by atoms with E-state index in [1.807, 2.05) is 54.6 Å². The molecule has 0 fully saturated rings. The van der Waals surface area contributed by atoms with E-state index in [1.165, 1.54) is 7.11 Å². The van der Waals surface area contributed by atoms with Crippen LogP contribution in [0.4, 0.5) is 5.69 Å². The van der Waals surface area contributed by atoms with Gasteiger partial charge in [-0.25, -0.2) is 0 Å². The van der Waals surface area contributed by atoms with E-state index in [9.17, 15) is 5.11 Å². The van der Waals surface area contributed by atoms with Gasteiger partial charge in [0.2, 0.25) is 0 Å². The molecule has 2 aromatic carbocycles. The number of azo groups is 1. The molecule has 19 heavy (non-hydrogen) atoms. The predicted molar refractivity (Wildman–Crippen MR) is 71.2 cm³/mol. The summed E-state index contributed by atoms with van der Waals surface area (Å²) >= 11 is 0. The van der Waals surface area contributed by atoms with Crippen molar-refractivity contribution in [3.63, 3.8) is 0 Å². The maximum atomic E-state index is 10.6. The minimum Gasteiger partial charge on any atom is -0.345 e. The Morgan fingerprint density at radius 1 is 1.05 bits per heavy atom. The number of aliphatic hydroxyl groups is 1. The molecule has 0 radical (unpaired) electrons. The lowest BCUT2D eigenvalue weighted by molar-refractivity contribution is -0.194. The summed E-state index contributed by atoms with van der Waals surface area (Å²) in [6.07, 6.45) is 0. The van der Waals surface area contributed by atoms with Crippen LogP contribution in [0.3, 0.4) is 0 Å². The molecule has 3 rings (SSSR count). The standard InChI is InChI=1S/C15H14N2O2/c1-19-15(18)14(11-7-3-2-4-8-11)12-9-5-6-10-13(12)16-17-15/h2-10,14,18H,1H3. The Balaban J connectivity index is 2.20. The Morgan fingerprint density at radius 3 is 2.47 bits per heavy atom. The van der Waals surface area contributed by atoms with Gasteiger partial charge < -0.3 is 9.84 Å². The monoisotopic (exact) mass is 254 g/mol. The van der Waals surface area contributed by atoms with Crippen LogP contribution < -0.4 is 0 Å². The van der Waals surface area contributed by atoms with Crippen molar-refractivity contribution in [1.82, 2.24) is 0 Å². The third-order valence-corrected chi connectivity index (χ3v) is 3.36. The highest BCUT2D eigenvalue weighted by atomic mass is 16.6. The summed E-state index contributed by atoms with van der Waals surface area (Å²) in [6.45, 7) is 0. The Morgan fingerprint density at radius 2 is 1.74 bits per heavy atom. The lowest BCUT2D eigenvalue weighted by Crippen LogP contribution is -2.38. The van der Waals surface area contributed by atoms with E-state index >= 15 is 0 Å². The lowest BCUT2D eigenvalue weighted by Gasteiger charge is -2.33. The average molecular weight is 254 g/mol. The van der Waals surface area contributed by atoms with Gasteiger partial charge in [0.25, 0.3) is 5.91 Å². The smallest absolute Gasteiger partial charge is 0.296 e. The van der Waals surface area contributed by atoms with Crippen LogP contribution in [0, 0.1) is 0 Å². The van der Waals surface area contributed by atoms with Crippen molar-refractivity contribution in [2.75, 3.05) is 7.11 Å². The molecule has 1 aliphatic heterocycles. The van der Waals surface area contributed by atoms with Crippen LogP contribution in [0.25, 0.3) is 0 Å². The summed E-state index contributed by atoms with van der Waals surface area (Å²) in [5.74, 6) is -2.04. The molecule has 96 valence electrons. The van der Waals surface area contributed by atoms with Crippen molar-refractivity contribution in [2.45, 2.75) is 11.8 Å². The largest absolute Gasteiger partial charge is 0.345 e. The summed E-state index contributed by atoms with van der Waals surface area (Å²) < 4.78 is 5.20. The SMILES string of the molecule is COC1(O)N=Nc2ccccc2C1c1ccccc1. The molecular weight excluding hydrogens is 240 g/mol. The van der Waals surface area contributed by atoms with Crippen molar-refractivity contribution >= 4 is 5.69 Å². The zero-order valence-electron chi connectivity index (χ0n) is 10.5. The lowest BCUT2D eigenvalue weighted by atomic mass is 9.86. The van der Waals surface area contributed by atoms with Gasteiger partial charge in [-0.15, -0.1) is 5.11 Å². The third kappa shape index (κ3) is 1.95. The fourth-order valence-electron chi connectivity index (χ4n) is 2.41. The van der Waals surface area contributed by atoms with Gasteiger partial charge in [0.15, 0.2) is 0 Å². The summed E-state index contributed by atoms with van der Waals surface area (Å²) in [6, 6.07) is 17.3. The molecule has 2 unspecified atom stereocenters. The molecule has 4 heteroatoms. The number of ether oxygens (including phenoxy) is 1. The predicted octanol–water partition coefficient (Wildman–Crippen LogP) is 3.21. The van der Waals surface area contributed by atoms with E-state index in [0.29, 0.717) is 0 Å². The van der Waals surface area contributed by atoms with E-state index in [1.54, 1.807) is 0 Å². The summed E-state index contributed by atoms with van der Waals surface area (Å²) in [4.78, 5) is 0. The average Bonchev–Trinajstić information content (AvgIpc) is 2.48. The number of rotatable bonds is 2. The third-order valence-electron chi connectivity index (χ3n) is 3.36. The molecule has 0 saturated heterocycles. The van der Waals surface area contributed by atoms with Crippen LogP contribution in [0.5, 0.6) is 0 Å². The molecule has 1 heterocycles. The first-order valence-electron chi connectivity index (χ1n) is 6.09. The first-order chi connectivity index (χ1) is 9.24. The molecule has 0 bridgehead atoms. The number of hydrogen-bond donors (Lipinski definition) is 1. The molecule has 0 aliphatic carbocycles. The molecule has 1 N–H and O–H groups in total. The fourth-order valence-corrected chi connectivity index (χ4v) is 2.41. The maximum absolute atomic E-state index is 10.6. The van der Waals surface area contributed by atoms with Crippen LogP contribution in [-0.2, 0) is 4.74 Å². The van der Waals surface area contributed by atoms with Crippen LogP contribution in [-0.4, -0.2) is 18.1 Å². The van der Waals surface area contributed by atoms with Gasteiger partial charge in [-0.2, -0.15) is 5.11 Å². The zero-order chi connectivity index (χ0) is 13.3. The van der Waals surface area contributed by atoms with E-state index in [4.69, 9.17) is 4.74 Å². The van der Waals surface area contributed by atoms with Crippen molar-refractivity contribution < 1.29 is 9.84 Å². The highest BCUT2D eigenvalue weighted by Crippen LogP contribution is 2.44. The van der Waals surface area contributed by atoms with Gasteiger partial charge in [0, 0.05) is 7.11 Å². The van der Waals surface area contributed by atoms with Crippen LogP contribution in [0.2, 0.25) is 0 Å². The van der Waals surface area contributed by atoms with Crippen molar-refractivity contribution in [1.29, 1.82) is 0 Å². The Bertz CT molecular complexity index is 613. The molecule has 1 aliphatic rings. The molecular formula is C15H14N2O2. The number of benzene rings is 2. The zero-order valence-corrected chi connectivity index (χ0v) is 10.5. The summed E-state index contributed by atoms with van der Waals surface area (Å²) in [5, 5.41) is 18.5. The number of hydrogen-bond acceptors (Lipinski definition) is 4. The summed E-state index contributed by atoms with van der Waals surface area (Å²) in [5.41, 5.74) is 2.61. The van der Waals surface area contributed by atoms with Gasteiger partial charge in [-0.05, 0) is 17.2 Å². The number of methoxy groups -OCH3 is 1. The second-order valence-electron chi connectivity index (χ2n) is 4.47. The van der Waals surface area contributed by atoms with Gasteiger partial charge >= 0.3 is 0 Å². The fraction of sp³-hybridized carbons (Fsp3) is 0.200. The second kappa shape index (κ2) is 4.57. The van der Waals surface area contributed by atoms with Gasteiger partial charge in [0.1, 0.15) is 0 Å². The molecule has 2 aromatic rings. The quantitative estimate of drug-likeness (QED) is 0.837. The first kappa shape index (κ1) is 12.0. The van der Waals surface area contributed by atoms with Crippen LogP contribution in [0.1, 0.15) is 17.0 Å². The Hall–Kier alpha value is -2.04. The first-order valence-corrected chi connectivity index (χ1v) is 6.09. The molecule has 0 amide bonds. The minimum absolute atomic E-state index is 0.382. The highest BCUT2D eigenvalue weighted by molar-refractivity contribution is 5.53. The molecule has 0 saturated carbocycles. The molecule has 4 nitrogen and oxygen atoms in total. The summed E-state index contributed by atoms with van der Waals surface area (Å²) in [7, 11) is 1.43. The highest BCUT2D eigenvalue weighted by Gasteiger charge is 2.43. The normalized spacial score (nSPS) is 25.1. The van der Waals surface area contributed by atoms with Gasteiger partial charge in [-0.3, -0.25) is 0 Å². The van der Waals surface area contributed by atoms with E-state index in [-0.39, 0.29) is 5.92 Å². The number of fused-ring (bicyclic) bond motifs is 1. The van der Waals surface area contributed by atoms with E-state index < -0.39 is 5.91 Å². The van der Waals surface area contributed by atoms with Crippen molar-refractivity contribution in [3.8, 4) is 0 Å². The second-order valence-corrected chi connectivity index (χ2v) is 4.47. The molecule has 2 atom stereocenters. The topological polar surface area (TPSA) is 54.2 Å². The van der Waals surface area contributed by atoms with Crippen LogP contribution >= 0.6 is 0 Å². The van der Waals surface area contributed by atoms with Crippen molar-refractivity contribution in [3.05, 3.63) is 65.7 Å². The maximum Gasteiger partial charge on any atom is 0.296 e. The Labute approximate surface area is 111 Å². The Kier molecular flexibility index (Phi) is 2.89. The van der Waals surface area contributed by atoms with Crippen LogP contribution in [0.15, 0.2) is 64.8 Å². The number of nitrogens with zero attached hydrogens (tertiary/aromatic N) is 2. The van der Waals surface area contributed by atoms with Gasteiger partial charge in [0.05, 0.1) is 11.6 Å². The minimum atomic E-state index is -1.66. The van der Waals surface area contributed by atoms with E-state index in [0.717, 1.165) is 16.8 Å². The van der Waals surface area contributed by atoms with E-state index in [2.05, 4.69) is 10.2 Å². The molecule has 0 aromatic heterocycles.